The van der Waals surface area contributed by atoms with Crippen LogP contribution in [0.4, 0.5) is 0 Å². The molecular formula is C17H22. The molecule has 0 spiro atoms. The Labute approximate surface area is 105 Å². The van der Waals surface area contributed by atoms with Crippen LogP contribution in [0.2, 0.25) is 0 Å². The van der Waals surface area contributed by atoms with Crippen LogP contribution in [0.1, 0.15) is 27.8 Å². The summed E-state index contributed by atoms with van der Waals surface area (Å²) in [5.41, 5.74) is 6.74. The first-order valence-corrected chi connectivity index (χ1v) is 6.05. The van der Waals surface area contributed by atoms with Gasteiger partial charge in [-0.3, -0.25) is 0 Å². The van der Waals surface area contributed by atoms with E-state index in [2.05, 4.69) is 77.1 Å². The first-order chi connectivity index (χ1) is 7.97. The smallest absolute Gasteiger partial charge is 0.0398 e. The lowest BCUT2D eigenvalue weighted by Gasteiger charge is -1.96. The largest absolute Gasteiger partial charge is 0.0617 e. The zero-order valence-electron chi connectivity index (χ0n) is 11.5. The van der Waals surface area contributed by atoms with Gasteiger partial charge in [-0.2, -0.15) is 0 Å². The predicted molar refractivity (Wildman–Crippen MR) is 76.6 cm³/mol. The Hall–Kier alpha value is -1.56. The first kappa shape index (κ1) is 13.5. The number of benzene rings is 2. The monoisotopic (exact) mass is 226 g/mol. The summed E-state index contributed by atoms with van der Waals surface area (Å²) in [5.74, 6) is 0. The summed E-state index contributed by atoms with van der Waals surface area (Å²) in [6.07, 6.45) is 0. The van der Waals surface area contributed by atoms with Gasteiger partial charge in [0.15, 0.2) is 0 Å². The Morgan fingerprint density at radius 1 is 0.471 bits per heavy atom. The normalized spacial score (nSPS) is 9.47. The van der Waals surface area contributed by atoms with Crippen LogP contribution in [0, 0.1) is 34.6 Å². The van der Waals surface area contributed by atoms with Crippen molar-refractivity contribution in [3.05, 3.63) is 70.3 Å². The van der Waals surface area contributed by atoms with Crippen LogP contribution in [0.3, 0.4) is 0 Å². The molecule has 2 aromatic carbocycles. The van der Waals surface area contributed by atoms with Gasteiger partial charge in [0.1, 0.15) is 0 Å². The van der Waals surface area contributed by atoms with Gasteiger partial charge < -0.3 is 0 Å². The van der Waals surface area contributed by atoms with Crippen LogP contribution >= 0.6 is 0 Å². The quantitative estimate of drug-likeness (QED) is 0.598. The molecule has 90 valence electrons. The fourth-order valence-corrected chi connectivity index (χ4v) is 2.01. The standard InChI is InChI=1S/C9H12.C8H10/c1-7-4-8(2)6-9(3)5-7;1-7-4-3-5-8(2)6-7/h4-6H,1-3H3;3-6H,1-2H3. The van der Waals surface area contributed by atoms with E-state index in [1.165, 1.54) is 27.8 Å². The first-order valence-electron chi connectivity index (χ1n) is 6.05. The number of aryl methyl sites for hydroxylation is 5. The van der Waals surface area contributed by atoms with Gasteiger partial charge in [0.25, 0.3) is 0 Å². The maximum atomic E-state index is 2.19. The van der Waals surface area contributed by atoms with E-state index in [9.17, 15) is 0 Å². The molecule has 0 aliphatic heterocycles. The lowest BCUT2D eigenvalue weighted by atomic mass is 10.1. The summed E-state index contributed by atoms with van der Waals surface area (Å²) < 4.78 is 0. The average Bonchev–Trinajstić information content (AvgIpc) is 2.15. The summed E-state index contributed by atoms with van der Waals surface area (Å²) in [7, 11) is 0. The molecule has 0 bridgehead atoms. The van der Waals surface area contributed by atoms with Gasteiger partial charge in [0, 0.05) is 0 Å². The summed E-state index contributed by atoms with van der Waals surface area (Å²) in [4.78, 5) is 0. The summed E-state index contributed by atoms with van der Waals surface area (Å²) in [6.45, 7) is 10.6. The molecule has 17 heavy (non-hydrogen) atoms. The Bertz CT molecular complexity index is 413. The molecule has 2 rings (SSSR count). The molecule has 0 amide bonds. The fraction of sp³-hybridized carbons (Fsp3) is 0.294. The van der Waals surface area contributed by atoms with Gasteiger partial charge in [-0.15, -0.1) is 0 Å². The molecule has 0 saturated carbocycles. The summed E-state index contributed by atoms with van der Waals surface area (Å²) >= 11 is 0. The van der Waals surface area contributed by atoms with Gasteiger partial charge in [-0.05, 0) is 34.6 Å². The highest BCUT2D eigenvalue weighted by Gasteiger charge is 1.87. The molecule has 0 aliphatic carbocycles. The minimum absolute atomic E-state index is 1.34. The van der Waals surface area contributed by atoms with E-state index in [1.54, 1.807) is 0 Å². The second kappa shape index (κ2) is 6.24. The van der Waals surface area contributed by atoms with E-state index < -0.39 is 0 Å². The molecule has 0 heteroatoms. The summed E-state index contributed by atoms with van der Waals surface area (Å²) in [6, 6.07) is 15.0. The van der Waals surface area contributed by atoms with Crippen molar-refractivity contribution < 1.29 is 0 Å². The predicted octanol–water partition coefficient (Wildman–Crippen LogP) is 4.92. The van der Waals surface area contributed by atoms with E-state index >= 15 is 0 Å². The highest BCUT2D eigenvalue weighted by atomic mass is 13.9. The van der Waals surface area contributed by atoms with Crippen molar-refractivity contribution in [3.63, 3.8) is 0 Å². The van der Waals surface area contributed by atoms with Crippen LogP contribution in [0.5, 0.6) is 0 Å². The topological polar surface area (TPSA) is 0 Å². The van der Waals surface area contributed by atoms with Crippen molar-refractivity contribution in [3.8, 4) is 0 Å². The lowest BCUT2D eigenvalue weighted by molar-refractivity contribution is 1.32. The zero-order valence-corrected chi connectivity index (χ0v) is 11.5. The third-order valence-corrected chi connectivity index (χ3v) is 2.54. The second-order valence-corrected chi connectivity index (χ2v) is 4.82. The number of hydrogen-bond donors (Lipinski definition) is 0. The lowest BCUT2D eigenvalue weighted by Crippen LogP contribution is -1.78. The molecule has 0 saturated heterocycles. The second-order valence-electron chi connectivity index (χ2n) is 4.82. The van der Waals surface area contributed by atoms with Crippen molar-refractivity contribution in [1.82, 2.24) is 0 Å². The highest BCUT2D eigenvalue weighted by Crippen LogP contribution is 2.06. The van der Waals surface area contributed by atoms with Gasteiger partial charge in [-0.1, -0.05) is 70.3 Å². The molecule has 0 atom stereocenters. The van der Waals surface area contributed by atoms with Crippen LogP contribution < -0.4 is 0 Å². The molecule has 0 N–H and O–H groups in total. The maximum absolute atomic E-state index is 2.19. The van der Waals surface area contributed by atoms with Crippen molar-refractivity contribution in [2.45, 2.75) is 34.6 Å². The SMILES string of the molecule is Cc1cc(C)cc(C)c1.Cc1cccc(C)c1. The van der Waals surface area contributed by atoms with Crippen LogP contribution in [-0.4, -0.2) is 0 Å². The van der Waals surface area contributed by atoms with Crippen LogP contribution in [-0.2, 0) is 0 Å². The fourth-order valence-electron chi connectivity index (χ4n) is 2.01. The minimum atomic E-state index is 1.34. The number of hydrogen-bond acceptors (Lipinski definition) is 0. The number of rotatable bonds is 0. The van der Waals surface area contributed by atoms with E-state index in [-0.39, 0.29) is 0 Å². The zero-order chi connectivity index (χ0) is 12.8. The van der Waals surface area contributed by atoms with E-state index in [0.717, 1.165) is 0 Å². The van der Waals surface area contributed by atoms with Gasteiger partial charge >= 0.3 is 0 Å². The molecule has 0 unspecified atom stereocenters. The minimum Gasteiger partial charge on any atom is -0.0617 e. The van der Waals surface area contributed by atoms with E-state index in [0.29, 0.717) is 0 Å². The third-order valence-electron chi connectivity index (χ3n) is 2.54. The molecule has 0 aromatic heterocycles. The van der Waals surface area contributed by atoms with Crippen molar-refractivity contribution in [1.29, 1.82) is 0 Å². The Kier molecular flexibility index (Phi) is 4.96. The molecule has 0 aliphatic rings. The van der Waals surface area contributed by atoms with Gasteiger partial charge in [-0.25, -0.2) is 0 Å². The molecule has 0 fully saturated rings. The van der Waals surface area contributed by atoms with E-state index in [4.69, 9.17) is 0 Å². The Morgan fingerprint density at radius 2 is 0.765 bits per heavy atom. The summed E-state index contributed by atoms with van der Waals surface area (Å²) in [5, 5.41) is 0. The molecule has 0 nitrogen and oxygen atoms in total. The van der Waals surface area contributed by atoms with Crippen molar-refractivity contribution >= 4 is 0 Å². The third kappa shape index (κ3) is 5.35. The van der Waals surface area contributed by atoms with Crippen LogP contribution in [0.15, 0.2) is 42.5 Å². The Morgan fingerprint density at radius 3 is 1.00 bits per heavy atom. The van der Waals surface area contributed by atoms with E-state index in [1.807, 2.05) is 0 Å². The van der Waals surface area contributed by atoms with Gasteiger partial charge in [0.2, 0.25) is 0 Å². The Balaban J connectivity index is 0.000000171. The molecule has 0 heterocycles. The van der Waals surface area contributed by atoms with Crippen molar-refractivity contribution in [2.75, 3.05) is 0 Å². The highest BCUT2D eigenvalue weighted by molar-refractivity contribution is 5.27. The molecule has 0 radical (unpaired) electrons. The molecule has 2 aromatic rings. The maximum Gasteiger partial charge on any atom is -0.0398 e. The average molecular weight is 226 g/mol. The van der Waals surface area contributed by atoms with Crippen LogP contribution in [0.25, 0.3) is 0 Å². The molecular weight excluding hydrogens is 204 g/mol. The van der Waals surface area contributed by atoms with Gasteiger partial charge in [0.05, 0.1) is 0 Å². The van der Waals surface area contributed by atoms with Crippen molar-refractivity contribution in [2.24, 2.45) is 0 Å².